The molecule has 3 rings (SSSR count). The number of hydrogen-bond donors (Lipinski definition) is 1. The minimum atomic E-state index is -0.723. The van der Waals surface area contributed by atoms with E-state index in [1.807, 2.05) is 0 Å². The highest BCUT2D eigenvalue weighted by atomic mass is 19.1. The highest BCUT2D eigenvalue weighted by molar-refractivity contribution is 6.35. The fourth-order valence-corrected chi connectivity index (χ4v) is 3.20. The molecular weight excluding hydrogens is 365 g/mol. The van der Waals surface area contributed by atoms with E-state index in [2.05, 4.69) is 5.32 Å². The number of furan rings is 1. The lowest BCUT2D eigenvalue weighted by Gasteiger charge is -2.37. The Labute approximate surface area is 162 Å². The standard InChI is InChI=1S/C20H22FN3O4/c1-2-17(18(25)22-12-16-4-3-11-28-16)24-10-9-23(19(26)20(24)27)13-14-5-7-15(21)8-6-14/h3-8,11,17H,2,9-10,12-13H2,1H3,(H,22,25)/t17-/m0/s1. The number of rotatable bonds is 7. The van der Waals surface area contributed by atoms with E-state index in [0.717, 1.165) is 5.56 Å². The maximum Gasteiger partial charge on any atom is 0.312 e. The molecule has 1 saturated heterocycles. The number of amides is 3. The molecule has 2 heterocycles. The van der Waals surface area contributed by atoms with Crippen molar-refractivity contribution in [2.24, 2.45) is 0 Å². The molecule has 3 amide bonds. The average Bonchev–Trinajstić information content (AvgIpc) is 3.21. The largest absolute Gasteiger partial charge is 0.467 e. The zero-order chi connectivity index (χ0) is 20.1. The van der Waals surface area contributed by atoms with E-state index in [-0.39, 0.29) is 31.4 Å². The lowest BCUT2D eigenvalue weighted by atomic mass is 10.1. The first-order chi connectivity index (χ1) is 13.5. The van der Waals surface area contributed by atoms with Gasteiger partial charge in [0, 0.05) is 19.6 Å². The highest BCUT2D eigenvalue weighted by Crippen LogP contribution is 2.15. The second kappa shape index (κ2) is 8.69. The first-order valence-corrected chi connectivity index (χ1v) is 9.14. The average molecular weight is 387 g/mol. The van der Waals surface area contributed by atoms with Crippen LogP contribution in [0.2, 0.25) is 0 Å². The molecular formula is C20H22FN3O4. The predicted molar refractivity (Wildman–Crippen MR) is 98.2 cm³/mol. The number of carbonyl (C=O) groups excluding carboxylic acids is 3. The Morgan fingerprint density at radius 2 is 1.93 bits per heavy atom. The zero-order valence-electron chi connectivity index (χ0n) is 15.6. The molecule has 1 N–H and O–H groups in total. The van der Waals surface area contributed by atoms with Gasteiger partial charge in [-0.1, -0.05) is 19.1 Å². The number of hydrogen-bond acceptors (Lipinski definition) is 4. The molecule has 1 fully saturated rings. The topological polar surface area (TPSA) is 82.9 Å². The molecule has 1 aliphatic heterocycles. The van der Waals surface area contributed by atoms with E-state index in [0.29, 0.717) is 18.7 Å². The third kappa shape index (κ3) is 4.39. The van der Waals surface area contributed by atoms with Crippen LogP contribution in [0, 0.1) is 5.82 Å². The van der Waals surface area contributed by atoms with Crippen LogP contribution in [-0.2, 0) is 27.5 Å². The molecule has 0 bridgehead atoms. The van der Waals surface area contributed by atoms with Crippen molar-refractivity contribution in [1.82, 2.24) is 15.1 Å². The van der Waals surface area contributed by atoms with Crippen molar-refractivity contribution in [1.29, 1.82) is 0 Å². The van der Waals surface area contributed by atoms with Crippen molar-refractivity contribution in [3.05, 3.63) is 59.8 Å². The fraction of sp³-hybridized carbons (Fsp3) is 0.350. The van der Waals surface area contributed by atoms with E-state index in [1.165, 1.54) is 28.2 Å². The Kier molecular flexibility index (Phi) is 6.08. The molecule has 0 saturated carbocycles. The zero-order valence-corrected chi connectivity index (χ0v) is 15.6. The fourth-order valence-electron chi connectivity index (χ4n) is 3.20. The molecule has 8 heteroatoms. The van der Waals surface area contributed by atoms with Crippen molar-refractivity contribution < 1.29 is 23.2 Å². The van der Waals surface area contributed by atoms with Crippen molar-refractivity contribution >= 4 is 17.7 Å². The Balaban J connectivity index is 1.61. The Bertz CT molecular complexity index is 836. The van der Waals surface area contributed by atoms with Gasteiger partial charge in [-0.15, -0.1) is 0 Å². The minimum Gasteiger partial charge on any atom is -0.467 e. The van der Waals surface area contributed by atoms with E-state index >= 15 is 0 Å². The summed E-state index contributed by atoms with van der Waals surface area (Å²) in [5.74, 6) is -1.44. The van der Waals surface area contributed by atoms with Crippen molar-refractivity contribution in [2.45, 2.75) is 32.5 Å². The van der Waals surface area contributed by atoms with Gasteiger partial charge in [-0.05, 0) is 36.2 Å². The summed E-state index contributed by atoms with van der Waals surface area (Å²) in [6.45, 7) is 2.80. The van der Waals surface area contributed by atoms with Gasteiger partial charge in [0.2, 0.25) is 5.91 Å². The van der Waals surface area contributed by atoms with Crippen molar-refractivity contribution in [3.8, 4) is 0 Å². The van der Waals surface area contributed by atoms with Gasteiger partial charge in [0.1, 0.15) is 17.6 Å². The summed E-state index contributed by atoms with van der Waals surface area (Å²) in [6, 6.07) is 8.53. The van der Waals surface area contributed by atoms with Crippen LogP contribution in [0.5, 0.6) is 0 Å². The summed E-state index contributed by atoms with van der Waals surface area (Å²) in [5.41, 5.74) is 0.735. The van der Waals surface area contributed by atoms with E-state index in [4.69, 9.17) is 4.42 Å². The molecule has 1 aliphatic rings. The maximum atomic E-state index is 13.0. The Morgan fingerprint density at radius 1 is 1.18 bits per heavy atom. The van der Waals surface area contributed by atoms with Crippen molar-refractivity contribution in [3.63, 3.8) is 0 Å². The summed E-state index contributed by atoms with van der Waals surface area (Å²) in [4.78, 5) is 40.4. The summed E-state index contributed by atoms with van der Waals surface area (Å²) < 4.78 is 18.2. The summed E-state index contributed by atoms with van der Waals surface area (Å²) in [7, 11) is 0. The molecule has 2 aromatic rings. The van der Waals surface area contributed by atoms with Crippen molar-refractivity contribution in [2.75, 3.05) is 13.1 Å². The SMILES string of the molecule is CC[C@@H](C(=O)NCc1ccco1)N1CCN(Cc2ccc(F)cc2)C(=O)C1=O. The lowest BCUT2D eigenvalue weighted by Crippen LogP contribution is -2.59. The first kappa shape index (κ1) is 19.6. The monoisotopic (exact) mass is 387 g/mol. The number of nitrogens with one attached hydrogen (secondary N) is 1. The Hall–Kier alpha value is -3.16. The lowest BCUT2D eigenvalue weighted by molar-refractivity contribution is -0.159. The number of piperazine rings is 1. The molecule has 1 aromatic carbocycles. The van der Waals surface area contributed by atoms with Crippen LogP contribution in [0.25, 0.3) is 0 Å². The minimum absolute atomic E-state index is 0.217. The van der Waals surface area contributed by atoms with Gasteiger partial charge in [-0.2, -0.15) is 0 Å². The molecule has 1 aromatic heterocycles. The third-order valence-corrected chi connectivity index (χ3v) is 4.71. The first-order valence-electron chi connectivity index (χ1n) is 9.14. The number of carbonyl (C=O) groups is 3. The van der Waals surface area contributed by atoms with Gasteiger partial charge in [0.15, 0.2) is 0 Å². The molecule has 0 aliphatic carbocycles. The van der Waals surface area contributed by atoms with Gasteiger partial charge in [0.25, 0.3) is 0 Å². The number of nitrogens with zero attached hydrogens (tertiary/aromatic N) is 2. The second-order valence-electron chi connectivity index (χ2n) is 6.57. The molecule has 0 unspecified atom stereocenters. The van der Waals surface area contributed by atoms with Crippen LogP contribution < -0.4 is 5.32 Å². The van der Waals surface area contributed by atoms with E-state index in [1.54, 1.807) is 31.2 Å². The Morgan fingerprint density at radius 3 is 2.57 bits per heavy atom. The molecule has 28 heavy (non-hydrogen) atoms. The quantitative estimate of drug-likeness (QED) is 0.733. The molecule has 0 radical (unpaired) electrons. The summed E-state index contributed by atoms with van der Waals surface area (Å²) in [5, 5.41) is 2.74. The maximum absolute atomic E-state index is 13.0. The smallest absolute Gasteiger partial charge is 0.312 e. The van der Waals surface area contributed by atoms with Crippen LogP contribution in [-0.4, -0.2) is 46.7 Å². The van der Waals surface area contributed by atoms with Gasteiger partial charge in [-0.3, -0.25) is 14.4 Å². The normalized spacial score (nSPS) is 15.6. The highest BCUT2D eigenvalue weighted by Gasteiger charge is 2.38. The summed E-state index contributed by atoms with van der Waals surface area (Å²) >= 11 is 0. The van der Waals surface area contributed by atoms with Crippen LogP contribution in [0.15, 0.2) is 47.1 Å². The van der Waals surface area contributed by atoms with Gasteiger partial charge < -0.3 is 19.5 Å². The van der Waals surface area contributed by atoms with Crippen LogP contribution in [0.3, 0.4) is 0 Å². The molecule has 1 atom stereocenters. The predicted octanol–water partition coefficient (Wildman–Crippen LogP) is 1.68. The molecule has 7 nitrogen and oxygen atoms in total. The molecule has 148 valence electrons. The second-order valence-corrected chi connectivity index (χ2v) is 6.57. The van der Waals surface area contributed by atoms with Gasteiger partial charge in [-0.25, -0.2) is 4.39 Å². The van der Waals surface area contributed by atoms with Gasteiger partial charge in [0.05, 0.1) is 12.8 Å². The summed E-state index contributed by atoms with van der Waals surface area (Å²) in [6.07, 6.45) is 1.91. The van der Waals surface area contributed by atoms with Crippen LogP contribution in [0.4, 0.5) is 4.39 Å². The van der Waals surface area contributed by atoms with E-state index in [9.17, 15) is 18.8 Å². The third-order valence-electron chi connectivity index (χ3n) is 4.71. The van der Waals surface area contributed by atoms with Crippen LogP contribution >= 0.6 is 0 Å². The van der Waals surface area contributed by atoms with Gasteiger partial charge >= 0.3 is 11.8 Å². The molecule has 0 spiro atoms. The number of benzene rings is 1. The van der Waals surface area contributed by atoms with Crippen LogP contribution in [0.1, 0.15) is 24.7 Å². The van der Waals surface area contributed by atoms with E-state index < -0.39 is 17.9 Å². The number of halogens is 1.